The molecule has 6 heterocycles. The first kappa shape index (κ1) is 20.9. The Morgan fingerprint density at radius 3 is 2.51 bits per heavy atom. The minimum absolute atomic E-state index is 0.224. The Hall–Kier alpha value is -3.40. The SMILES string of the molecule is OC1CCN(c2ncc(-c3ccc4nc5n(c4n3)C3(COCc4ccccc43)COC5)cn2)CC1. The van der Waals surface area contributed by atoms with Crippen LogP contribution in [-0.4, -0.2) is 62.0 Å². The number of pyridine rings is 1. The predicted octanol–water partition coefficient (Wildman–Crippen LogP) is 2.65. The molecule has 3 aromatic heterocycles. The highest BCUT2D eigenvalue weighted by Gasteiger charge is 2.44. The smallest absolute Gasteiger partial charge is 0.225 e. The highest BCUT2D eigenvalue weighted by molar-refractivity contribution is 5.77. The number of piperidine rings is 1. The third-order valence-corrected chi connectivity index (χ3v) is 7.37. The van der Waals surface area contributed by atoms with E-state index in [2.05, 4.69) is 37.6 Å². The third kappa shape index (κ3) is 3.34. The van der Waals surface area contributed by atoms with Crippen LogP contribution in [0, 0.1) is 0 Å². The molecule has 1 spiro atoms. The molecule has 1 fully saturated rings. The lowest BCUT2D eigenvalue weighted by Crippen LogP contribution is -2.50. The number of aliphatic hydroxyl groups excluding tert-OH is 1. The molecule has 7 rings (SSSR count). The van der Waals surface area contributed by atoms with Crippen molar-refractivity contribution in [1.82, 2.24) is 24.5 Å². The van der Waals surface area contributed by atoms with E-state index in [9.17, 15) is 5.11 Å². The summed E-state index contributed by atoms with van der Waals surface area (Å²) in [5.74, 6) is 1.55. The van der Waals surface area contributed by atoms with Crippen LogP contribution in [0.1, 0.15) is 29.8 Å². The van der Waals surface area contributed by atoms with Crippen molar-refractivity contribution in [3.63, 3.8) is 0 Å². The molecule has 3 aliphatic heterocycles. The van der Waals surface area contributed by atoms with Gasteiger partial charge in [0, 0.05) is 31.0 Å². The van der Waals surface area contributed by atoms with Gasteiger partial charge in [0.15, 0.2) is 5.65 Å². The van der Waals surface area contributed by atoms with Crippen LogP contribution in [0.3, 0.4) is 0 Å². The zero-order chi connectivity index (χ0) is 23.4. The molecule has 1 saturated heterocycles. The van der Waals surface area contributed by atoms with Crippen LogP contribution >= 0.6 is 0 Å². The lowest BCUT2D eigenvalue weighted by molar-refractivity contribution is -0.0423. The van der Waals surface area contributed by atoms with Gasteiger partial charge in [0.1, 0.15) is 23.5 Å². The van der Waals surface area contributed by atoms with E-state index in [-0.39, 0.29) is 6.10 Å². The highest BCUT2D eigenvalue weighted by atomic mass is 16.5. The van der Waals surface area contributed by atoms with Gasteiger partial charge in [0.2, 0.25) is 5.95 Å². The Morgan fingerprint density at radius 2 is 1.69 bits per heavy atom. The summed E-state index contributed by atoms with van der Waals surface area (Å²) >= 11 is 0. The van der Waals surface area contributed by atoms with E-state index in [1.165, 1.54) is 11.1 Å². The molecule has 0 amide bonds. The molecule has 1 N–H and O–H groups in total. The van der Waals surface area contributed by atoms with Crippen molar-refractivity contribution in [3.8, 4) is 11.3 Å². The van der Waals surface area contributed by atoms with Crippen LogP contribution in [0.2, 0.25) is 0 Å². The van der Waals surface area contributed by atoms with Crippen LogP contribution in [0.5, 0.6) is 0 Å². The molecule has 0 bridgehead atoms. The van der Waals surface area contributed by atoms with Gasteiger partial charge in [0.05, 0.1) is 31.6 Å². The average molecular weight is 471 g/mol. The fourth-order valence-electron chi connectivity index (χ4n) is 5.58. The Kier molecular flexibility index (Phi) is 4.83. The van der Waals surface area contributed by atoms with E-state index in [0.29, 0.717) is 32.4 Å². The molecule has 178 valence electrons. The fourth-order valence-corrected chi connectivity index (χ4v) is 5.58. The zero-order valence-electron chi connectivity index (χ0n) is 19.3. The van der Waals surface area contributed by atoms with Crippen molar-refractivity contribution in [2.24, 2.45) is 0 Å². The molecular weight excluding hydrogens is 444 g/mol. The van der Waals surface area contributed by atoms with E-state index >= 15 is 0 Å². The fraction of sp³-hybridized carbons (Fsp3) is 0.385. The lowest BCUT2D eigenvalue weighted by Gasteiger charge is -2.43. The molecule has 1 atom stereocenters. The first-order valence-corrected chi connectivity index (χ1v) is 12.1. The second-order valence-corrected chi connectivity index (χ2v) is 9.57. The van der Waals surface area contributed by atoms with Gasteiger partial charge < -0.3 is 19.5 Å². The second kappa shape index (κ2) is 8.08. The summed E-state index contributed by atoms with van der Waals surface area (Å²) in [4.78, 5) is 21.2. The monoisotopic (exact) mass is 470 g/mol. The Bertz CT molecular complexity index is 1390. The van der Waals surface area contributed by atoms with Crippen molar-refractivity contribution < 1.29 is 14.6 Å². The van der Waals surface area contributed by atoms with Gasteiger partial charge in [-0.3, -0.25) is 4.57 Å². The van der Waals surface area contributed by atoms with Crippen molar-refractivity contribution in [3.05, 3.63) is 65.7 Å². The molecule has 4 aromatic rings. The second-order valence-electron chi connectivity index (χ2n) is 9.57. The number of aromatic nitrogens is 5. The first-order chi connectivity index (χ1) is 17.2. The van der Waals surface area contributed by atoms with Gasteiger partial charge >= 0.3 is 0 Å². The summed E-state index contributed by atoms with van der Waals surface area (Å²) in [6, 6.07) is 12.4. The first-order valence-electron chi connectivity index (χ1n) is 12.1. The van der Waals surface area contributed by atoms with Gasteiger partial charge in [-0.25, -0.2) is 19.9 Å². The van der Waals surface area contributed by atoms with Gasteiger partial charge in [-0.1, -0.05) is 24.3 Å². The quantitative estimate of drug-likeness (QED) is 0.478. The van der Waals surface area contributed by atoms with Crippen molar-refractivity contribution in [2.75, 3.05) is 31.2 Å². The van der Waals surface area contributed by atoms with Crippen LogP contribution in [-0.2, 0) is 28.2 Å². The number of imidazole rings is 1. The largest absolute Gasteiger partial charge is 0.393 e. The van der Waals surface area contributed by atoms with Crippen LogP contribution in [0.4, 0.5) is 5.95 Å². The van der Waals surface area contributed by atoms with E-state index in [1.807, 2.05) is 30.6 Å². The number of ether oxygens (including phenoxy) is 2. The number of hydrogen-bond acceptors (Lipinski definition) is 8. The molecule has 0 aliphatic carbocycles. The molecule has 9 heteroatoms. The maximum absolute atomic E-state index is 9.77. The number of fused-ring (bicyclic) bond motifs is 6. The molecule has 9 nitrogen and oxygen atoms in total. The maximum Gasteiger partial charge on any atom is 0.225 e. The summed E-state index contributed by atoms with van der Waals surface area (Å²) in [5, 5.41) is 9.77. The van der Waals surface area contributed by atoms with Gasteiger partial charge in [-0.05, 0) is 36.1 Å². The van der Waals surface area contributed by atoms with Crippen molar-refractivity contribution >= 4 is 17.1 Å². The van der Waals surface area contributed by atoms with E-state index in [1.54, 1.807) is 0 Å². The average Bonchev–Trinajstić information content (AvgIpc) is 3.29. The summed E-state index contributed by atoms with van der Waals surface area (Å²) < 4.78 is 14.3. The molecular formula is C26H26N6O3. The predicted molar refractivity (Wildman–Crippen MR) is 129 cm³/mol. The minimum Gasteiger partial charge on any atom is -0.393 e. The van der Waals surface area contributed by atoms with Gasteiger partial charge in [-0.15, -0.1) is 0 Å². The Morgan fingerprint density at radius 1 is 0.914 bits per heavy atom. The maximum atomic E-state index is 9.77. The minimum atomic E-state index is -0.498. The Labute approximate surface area is 202 Å². The standard InChI is InChI=1S/C26H26N6O3/c33-19-7-9-31(10-8-19)25-27-11-18(12-28-25)21-5-6-22-24(30-21)32-23(29-22)14-35-16-26(32)15-34-13-17-3-1-2-4-20(17)26/h1-6,11-12,19,33H,7-10,13-16H2. The molecule has 0 saturated carbocycles. The molecule has 1 unspecified atom stereocenters. The van der Waals surface area contributed by atoms with Crippen molar-refractivity contribution in [2.45, 2.75) is 37.7 Å². The summed E-state index contributed by atoms with van der Waals surface area (Å²) in [7, 11) is 0. The lowest BCUT2D eigenvalue weighted by atomic mass is 9.85. The number of anilines is 1. The molecule has 0 radical (unpaired) electrons. The number of nitrogens with zero attached hydrogens (tertiary/aromatic N) is 6. The summed E-state index contributed by atoms with van der Waals surface area (Å²) in [6.45, 7) is 3.59. The third-order valence-electron chi connectivity index (χ3n) is 7.37. The number of benzene rings is 1. The van der Waals surface area contributed by atoms with Crippen LogP contribution < -0.4 is 4.90 Å². The zero-order valence-corrected chi connectivity index (χ0v) is 19.3. The number of aliphatic hydroxyl groups is 1. The van der Waals surface area contributed by atoms with E-state index in [0.717, 1.165) is 54.2 Å². The molecule has 3 aliphatic rings. The molecule has 1 aromatic carbocycles. The van der Waals surface area contributed by atoms with Crippen molar-refractivity contribution in [1.29, 1.82) is 0 Å². The van der Waals surface area contributed by atoms with Crippen LogP contribution in [0.15, 0.2) is 48.8 Å². The van der Waals surface area contributed by atoms with E-state index < -0.39 is 5.54 Å². The van der Waals surface area contributed by atoms with Crippen LogP contribution in [0.25, 0.3) is 22.4 Å². The summed E-state index contributed by atoms with van der Waals surface area (Å²) in [5.41, 5.74) is 5.18. The normalized spacial score (nSPS) is 22.4. The van der Waals surface area contributed by atoms with Gasteiger partial charge in [0.25, 0.3) is 0 Å². The molecule has 35 heavy (non-hydrogen) atoms. The Balaban J connectivity index is 1.30. The highest BCUT2D eigenvalue weighted by Crippen LogP contribution is 2.40. The summed E-state index contributed by atoms with van der Waals surface area (Å²) in [6.07, 6.45) is 4.92. The number of rotatable bonds is 2. The van der Waals surface area contributed by atoms with Gasteiger partial charge in [-0.2, -0.15) is 0 Å². The van der Waals surface area contributed by atoms with E-state index in [4.69, 9.17) is 19.4 Å². The topological polar surface area (TPSA) is 98.4 Å². The number of hydrogen-bond donors (Lipinski definition) is 1.